The highest BCUT2D eigenvalue weighted by Crippen LogP contribution is 2.32. The predicted octanol–water partition coefficient (Wildman–Crippen LogP) is 1.44. The first kappa shape index (κ1) is 21.3. The van der Waals surface area contributed by atoms with Crippen LogP contribution >= 0.6 is 0 Å². The average molecular weight is 419 g/mol. The summed E-state index contributed by atoms with van der Waals surface area (Å²) in [6, 6.07) is 1.87. The van der Waals surface area contributed by atoms with Gasteiger partial charge < -0.3 is 24.7 Å². The fourth-order valence-electron chi connectivity index (χ4n) is 4.48. The Kier molecular flexibility index (Phi) is 7.01. The maximum atomic E-state index is 9.45. The van der Waals surface area contributed by atoms with Crippen molar-refractivity contribution in [1.29, 1.82) is 0 Å². The second kappa shape index (κ2) is 9.89. The third-order valence-corrected chi connectivity index (χ3v) is 6.27. The zero-order valence-corrected chi connectivity index (χ0v) is 17.9. The number of piperidine rings is 1. The number of ether oxygens (including phenoxy) is 1. The van der Waals surface area contributed by atoms with Gasteiger partial charge in [0.05, 0.1) is 13.2 Å². The lowest BCUT2D eigenvalue weighted by atomic mass is 9.89. The first-order valence-corrected chi connectivity index (χ1v) is 11.3. The van der Waals surface area contributed by atoms with Crippen LogP contribution < -0.4 is 9.64 Å². The number of aliphatic hydroxyl groups excluding tert-OH is 2. The summed E-state index contributed by atoms with van der Waals surface area (Å²) in [6.45, 7) is 2.77. The average Bonchev–Trinajstić information content (AvgIpc) is 3.20. The Morgan fingerprint density at radius 1 is 1.03 bits per heavy atom. The van der Waals surface area contributed by atoms with Gasteiger partial charge in [0.15, 0.2) is 5.82 Å². The summed E-state index contributed by atoms with van der Waals surface area (Å²) in [5, 5.41) is 23.7. The first-order valence-electron chi connectivity index (χ1n) is 11.3. The van der Waals surface area contributed by atoms with Crippen molar-refractivity contribution in [3.8, 4) is 5.88 Å². The van der Waals surface area contributed by atoms with E-state index in [1.54, 1.807) is 4.52 Å². The number of anilines is 1. The van der Waals surface area contributed by atoms with E-state index >= 15 is 0 Å². The van der Waals surface area contributed by atoms with Gasteiger partial charge in [-0.3, -0.25) is 0 Å². The third kappa shape index (κ3) is 4.84. The Balaban J connectivity index is 1.68. The van der Waals surface area contributed by atoms with Crippen molar-refractivity contribution in [3.63, 3.8) is 0 Å². The van der Waals surface area contributed by atoms with E-state index in [2.05, 4.69) is 11.9 Å². The second-order valence-electron chi connectivity index (χ2n) is 8.52. The minimum atomic E-state index is -0.0158. The van der Waals surface area contributed by atoms with Crippen LogP contribution in [0, 0.1) is 0 Å². The molecule has 1 saturated carbocycles. The molecular weight excluding hydrogens is 384 g/mol. The lowest BCUT2D eigenvalue weighted by Gasteiger charge is -2.29. The van der Waals surface area contributed by atoms with Gasteiger partial charge in [0.2, 0.25) is 5.88 Å². The van der Waals surface area contributed by atoms with Crippen LogP contribution in [0.15, 0.2) is 6.07 Å². The highest BCUT2D eigenvalue weighted by atomic mass is 16.5. The molecule has 1 aliphatic heterocycles. The minimum Gasteiger partial charge on any atom is -0.474 e. The number of hydrogen-bond donors (Lipinski definition) is 2. The summed E-state index contributed by atoms with van der Waals surface area (Å²) in [4.78, 5) is 13.6. The van der Waals surface area contributed by atoms with E-state index in [1.807, 2.05) is 11.0 Å². The SMILES string of the molecule is CN1CCC(Oc2cc(N(CCO)CCO)nc3nc(C4CCCCC4)nn23)CC1. The third-order valence-electron chi connectivity index (χ3n) is 6.27. The van der Waals surface area contributed by atoms with E-state index in [0.717, 1.165) is 44.6 Å². The molecule has 1 aliphatic carbocycles. The molecule has 9 heteroatoms. The molecule has 0 atom stereocenters. The van der Waals surface area contributed by atoms with Crippen molar-refractivity contribution in [2.24, 2.45) is 0 Å². The predicted molar refractivity (Wildman–Crippen MR) is 114 cm³/mol. The van der Waals surface area contributed by atoms with Gasteiger partial charge in [-0.1, -0.05) is 19.3 Å². The molecule has 2 aromatic heterocycles. The molecule has 9 nitrogen and oxygen atoms in total. The Labute approximate surface area is 177 Å². The van der Waals surface area contributed by atoms with Gasteiger partial charge in [-0.25, -0.2) is 0 Å². The highest BCUT2D eigenvalue weighted by Gasteiger charge is 2.25. The van der Waals surface area contributed by atoms with Gasteiger partial charge in [-0.2, -0.15) is 14.5 Å². The van der Waals surface area contributed by atoms with Crippen molar-refractivity contribution in [1.82, 2.24) is 24.5 Å². The largest absolute Gasteiger partial charge is 0.474 e. The molecule has 0 amide bonds. The van der Waals surface area contributed by atoms with Gasteiger partial charge in [0, 0.05) is 38.2 Å². The van der Waals surface area contributed by atoms with Gasteiger partial charge in [-0.15, -0.1) is 5.10 Å². The molecule has 0 unspecified atom stereocenters. The van der Waals surface area contributed by atoms with Crippen LogP contribution in [0.2, 0.25) is 0 Å². The molecule has 2 N–H and O–H groups in total. The fourth-order valence-corrected chi connectivity index (χ4v) is 4.48. The molecule has 3 heterocycles. The highest BCUT2D eigenvalue weighted by molar-refractivity contribution is 5.49. The van der Waals surface area contributed by atoms with Gasteiger partial charge in [0.1, 0.15) is 11.9 Å². The number of likely N-dealkylation sites (tertiary alicyclic amines) is 1. The van der Waals surface area contributed by atoms with Crippen molar-refractivity contribution < 1.29 is 14.9 Å². The molecule has 2 aromatic rings. The summed E-state index contributed by atoms with van der Waals surface area (Å²) < 4.78 is 8.14. The van der Waals surface area contributed by atoms with E-state index in [4.69, 9.17) is 19.8 Å². The molecule has 0 bridgehead atoms. The molecule has 0 aromatic carbocycles. The summed E-state index contributed by atoms with van der Waals surface area (Å²) >= 11 is 0. The van der Waals surface area contributed by atoms with Crippen molar-refractivity contribution in [2.45, 2.75) is 57.0 Å². The zero-order valence-electron chi connectivity index (χ0n) is 17.9. The Hall–Kier alpha value is -1.97. The smallest absolute Gasteiger partial charge is 0.257 e. The maximum Gasteiger partial charge on any atom is 0.257 e. The number of nitrogens with zero attached hydrogens (tertiary/aromatic N) is 6. The van der Waals surface area contributed by atoms with Crippen molar-refractivity contribution in [3.05, 3.63) is 11.9 Å². The lowest BCUT2D eigenvalue weighted by molar-refractivity contribution is 0.107. The van der Waals surface area contributed by atoms with E-state index in [9.17, 15) is 10.2 Å². The number of aliphatic hydroxyl groups is 2. The number of rotatable bonds is 8. The first-order chi connectivity index (χ1) is 14.7. The maximum absolute atomic E-state index is 9.45. The van der Waals surface area contributed by atoms with E-state index in [0.29, 0.717) is 36.5 Å². The Bertz CT molecular complexity index is 808. The topological polar surface area (TPSA) is 99.2 Å². The van der Waals surface area contributed by atoms with Crippen LogP contribution in [-0.4, -0.2) is 87.2 Å². The fraction of sp³-hybridized carbons (Fsp3) is 0.762. The molecule has 1 saturated heterocycles. The molecular formula is C21H34N6O3. The van der Waals surface area contributed by atoms with Crippen LogP contribution in [0.25, 0.3) is 5.78 Å². The molecule has 4 rings (SSSR count). The number of hydrogen-bond acceptors (Lipinski definition) is 8. The van der Waals surface area contributed by atoms with Crippen LogP contribution in [0.4, 0.5) is 5.82 Å². The summed E-state index contributed by atoms with van der Waals surface area (Å²) in [5.74, 6) is 3.04. The Morgan fingerprint density at radius 3 is 2.40 bits per heavy atom. The second-order valence-corrected chi connectivity index (χ2v) is 8.52. The van der Waals surface area contributed by atoms with Gasteiger partial charge in [-0.05, 0) is 32.7 Å². The molecule has 0 radical (unpaired) electrons. The molecule has 2 aliphatic rings. The molecule has 0 spiro atoms. The monoisotopic (exact) mass is 418 g/mol. The van der Waals surface area contributed by atoms with Crippen LogP contribution in [0.3, 0.4) is 0 Å². The summed E-state index contributed by atoms with van der Waals surface area (Å²) in [5.41, 5.74) is 0. The summed E-state index contributed by atoms with van der Waals surface area (Å²) in [6.07, 6.45) is 8.04. The standard InChI is InChI=1S/C21H34N6O3/c1-25-9-7-17(8-10-25)30-19-15-18(26(11-13-28)12-14-29)22-21-23-20(24-27(19)21)16-5-3-2-4-6-16/h15-17,28-29H,2-14H2,1H3. The van der Waals surface area contributed by atoms with E-state index < -0.39 is 0 Å². The summed E-state index contributed by atoms with van der Waals surface area (Å²) in [7, 11) is 2.13. The van der Waals surface area contributed by atoms with Crippen molar-refractivity contribution in [2.75, 3.05) is 51.3 Å². The molecule has 30 heavy (non-hydrogen) atoms. The van der Waals surface area contributed by atoms with Gasteiger partial charge in [0.25, 0.3) is 5.78 Å². The van der Waals surface area contributed by atoms with E-state index in [1.165, 1.54) is 19.3 Å². The quantitative estimate of drug-likeness (QED) is 0.664. The van der Waals surface area contributed by atoms with Gasteiger partial charge >= 0.3 is 0 Å². The zero-order chi connectivity index (χ0) is 20.9. The number of aromatic nitrogens is 4. The Morgan fingerprint density at radius 2 is 1.73 bits per heavy atom. The van der Waals surface area contributed by atoms with Crippen LogP contribution in [0.1, 0.15) is 56.7 Å². The van der Waals surface area contributed by atoms with Crippen LogP contribution in [0.5, 0.6) is 5.88 Å². The van der Waals surface area contributed by atoms with E-state index in [-0.39, 0.29) is 19.3 Å². The van der Waals surface area contributed by atoms with Crippen molar-refractivity contribution >= 4 is 11.6 Å². The lowest BCUT2D eigenvalue weighted by Crippen LogP contribution is -2.36. The van der Waals surface area contributed by atoms with Crippen LogP contribution in [-0.2, 0) is 0 Å². The minimum absolute atomic E-state index is 0.0158. The number of fused-ring (bicyclic) bond motifs is 1. The molecule has 2 fully saturated rings. The molecule has 166 valence electrons. The normalized spacial score (nSPS) is 19.4.